The first-order chi connectivity index (χ1) is 21.6. The maximum Gasteiger partial charge on any atom is 0.264 e. The predicted molar refractivity (Wildman–Crippen MR) is 178 cm³/mol. The molecule has 0 aliphatic carbocycles. The van der Waals surface area contributed by atoms with Crippen LogP contribution in [0.25, 0.3) is 0 Å². The van der Waals surface area contributed by atoms with Gasteiger partial charge in [-0.2, -0.15) is 0 Å². The fraction of sp³-hybridized carbons (Fsp3) is 0.257. The molecule has 0 heterocycles. The third-order valence-electron chi connectivity index (χ3n) is 7.31. The van der Waals surface area contributed by atoms with E-state index in [0.717, 1.165) is 15.4 Å². The number of rotatable bonds is 14. The minimum atomic E-state index is -4.21. The van der Waals surface area contributed by atoms with Crippen LogP contribution >= 0.6 is 11.6 Å². The van der Waals surface area contributed by atoms with Gasteiger partial charge in [0.05, 0.1) is 17.7 Å². The van der Waals surface area contributed by atoms with Crippen LogP contribution in [-0.2, 0) is 32.6 Å². The van der Waals surface area contributed by atoms with Gasteiger partial charge in [-0.3, -0.25) is 13.9 Å². The maximum atomic E-state index is 14.5. The standard InChI is InChI=1S/C35H38ClN3O5S/c1-4-21-37-35(41)33(23-27-9-6-5-7-10-27)38(24-28-11-8-12-29(36)22-28)34(40)25-39(30-15-13-26(2)14-16-30)45(42,43)32-19-17-31(44-3)18-20-32/h5-20,22,33H,4,21,23-25H2,1-3H3,(H,37,41). The Labute approximate surface area is 270 Å². The molecule has 1 N–H and O–H groups in total. The van der Waals surface area contributed by atoms with E-state index >= 15 is 0 Å². The van der Waals surface area contributed by atoms with E-state index in [9.17, 15) is 18.0 Å². The Hall–Kier alpha value is -4.34. The van der Waals surface area contributed by atoms with Crippen LogP contribution in [-0.4, -0.2) is 51.4 Å². The number of ether oxygens (including phenoxy) is 1. The van der Waals surface area contributed by atoms with E-state index in [-0.39, 0.29) is 23.8 Å². The average molecular weight is 648 g/mol. The van der Waals surface area contributed by atoms with Gasteiger partial charge in [-0.05, 0) is 73.0 Å². The van der Waals surface area contributed by atoms with Crippen LogP contribution in [0.3, 0.4) is 0 Å². The molecule has 1 atom stereocenters. The van der Waals surface area contributed by atoms with Crippen molar-refractivity contribution in [1.29, 1.82) is 0 Å². The number of amides is 2. The topological polar surface area (TPSA) is 96.0 Å². The Kier molecular flexibility index (Phi) is 11.6. The Bertz CT molecular complexity index is 1680. The summed E-state index contributed by atoms with van der Waals surface area (Å²) < 4.78 is 34.6. The van der Waals surface area contributed by atoms with Crippen molar-refractivity contribution in [3.63, 3.8) is 0 Å². The summed E-state index contributed by atoms with van der Waals surface area (Å²) in [5.41, 5.74) is 2.82. The van der Waals surface area contributed by atoms with Crippen LogP contribution in [0.15, 0.2) is 108 Å². The summed E-state index contributed by atoms with van der Waals surface area (Å²) >= 11 is 6.30. The number of sulfonamides is 1. The highest BCUT2D eigenvalue weighted by Gasteiger charge is 2.34. The van der Waals surface area contributed by atoms with Crippen molar-refractivity contribution in [2.45, 2.75) is 44.2 Å². The molecule has 0 aromatic heterocycles. The predicted octanol–water partition coefficient (Wildman–Crippen LogP) is 6.02. The minimum Gasteiger partial charge on any atom is -0.497 e. The van der Waals surface area contributed by atoms with E-state index in [1.807, 2.05) is 50.2 Å². The van der Waals surface area contributed by atoms with E-state index in [0.29, 0.717) is 35.0 Å². The number of hydrogen-bond donors (Lipinski definition) is 1. The van der Waals surface area contributed by atoms with E-state index in [4.69, 9.17) is 16.3 Å². The summed E-state index contributed by atoms with van der Waals surface area (Å²) in [5.74, 6) is -0.363. The average Bonchev–Trinajstić information content (AvgIpc) is 3.05. The molecule has 0 aliphatic rings. The van der Waals surface area contributed by atoms with Crippen LogP contribution in [0, 0.1) is 6.92 Å². The highest BCUT2D eigenvalue weighted by molar-refractivity contribution is 7.92. The van der Waals surface area contributed by atoms with Gasteiger partial charge in [0.2, 0.25) is 11.8 Å². The van der Waals surface area contributed by atoms with Gasteiger partial charge in [-0.25, -0.2) is 8.42 Å². The number of anilines is 1. The quantitative estimate of drug-likeness (QED) is 0.181. The Balaban J connectivity index is 1.79. The molecule has 0 saturated carbocycles. The molecule has 0 saturated heterocycles. The van der Waals surface area contributed by atoms with Crippen molar-refractivity contribution in [3.05, 3.63) is 125 Å². The lowest BCUT2D eigenvalue weighted by atomic mass is 10.0. The summed E-state index contributed by atoms with van der Waals surface area (Å²) in [6.45, 7) is 3.79. The molecule has 236 valence electrons. The van der Waals surface area contributed by atoms with E-state index in [1.54, 1.807) is 54.6 Å². The van der Waals surface area contributed by atoms with Gasteiger partial charge in [0.1, 0.15) is 18.3 Å². The number of aryl methyl sites for hydroxylation is 1. The molecule has 4 aromatic carbocycles. The zero-order valence-electron chi connectivity index (χ0n) is 25.6. The zero-order valence-corrected chi connectivity index (χ0v) is 27.2. The molecule has 0 spiro atoms. The highest BCUT2D eigenvalue weighted by atomic mass is 35.5. The van der Waals surface area contributed by atoms with E-state index < -0.39 is 28.5 Å². The number of methoxy groups -OCH3 is 1. The van der Waals surface area contributed by atoms with Gasteiger partial charge < -0.3 is 15.0 Å². The second kappa shape index (κ2) is 15.6. The van der Waals surface area contributed by atoms with Crippen molar-refractivity contribution < 1.29 is 22.7 Å². The van der Waals surface area contributed by atoms with Crippen LogP contribution in [0.5, 0.6) is 5.75 Å². The zero-order chi connectivity index (χ0) is 32.4. The number of benzene rings is 4. The van der Waals surface area contributed by atoms with Gasteiger partial charge in [0.15, 0.2) is 0 Å². The fourth-order valence-electron chi connectivity index (χ4n) is 4.87. The lowest BCUT2D eigenvalue weighted by Gasteiger charge is -2.34. The number of halogens is 1. The van der Waals surface area contributed by atoms with Crippen LogP contribution in [0.4, 0.5) is 5.69 Å². The van der Waals surface area contributed by atoms with Crippen molar-refractivity contribution in [2.24, 2.45) is 0 Å². The van der Waals surface area contributed by atoms with E-state index in [1.165, 1.54) is 24.1 Å². The summed E-state index contributed by atoms with van der Waals surface area (Å²) in [6.07, 6.45) is 0.950. The molecule has 1 unspecified atom stereocenters. The molecule has 10 heteroatoms. The smallest absolute Gasteiger partial charge is 0.264 e. The van der Waals surface area contributed by atoms with E-state index in [2.05, 4.69) is 5.32 Å². The van der Waals surface area contributed by atoms with Crippen LogP contribution in [0.2, 0.25) is 5.02 Å². The normalized spacial score (nSPS) is 11.8. The molecule has 4 aromatic rings. The molecule has 0 fully saturated rings. The Morgan fingerprint density at radius 3 is 2.18 bits per heavy atom. The number of carbonyl (C=O) groups is 2. The highest BCUT2D eigenvalue weighted by Crippen LogP contribution is 2.27. The fourth-order valence-corrected chi connectivity index (χ4v) is 6.49. The first kappa shape index (κ1) is 33.6. The van der Waals surface area contributed by atoms with Crippen molar-refractivity contribution >= 4 is 39.1 Å². The molecular weight excluding hydrogens is 610 g/mol. The first-order valence-corrected chi connectivity index (χ1v) is 16.5. The molecule has 4 rings (SSSR count). The van der Waals surface area contributed by atoms with Crippen LogP contribution < -0.4 is 14.4 Å². The largest absolute Gasteiger partial charge is 0.497 e. The lowest BCUT2D eigenvalue weighted by Crippen LogP contribution is -2.53. The molecule has 2 amide bonds. The number of nitrogens with one attached hydrogen (secondary N) is 1. The van der Waals surface area contributed by atoms with Gasteiger partial charge >= 0.3 is 0 Å². The molecule has 0 bridgehead atoms. The number of hydrogen-bond acceptors (Lipinski definition) is 5. The number of carbonyl (C=O) groups excluding carboxylic acids is 2. The van der Waals surface area contributed by atoms with Crippen molar-refractivity contribution in [3.8, 4) is 5.75 Å². The number of nitrogens with zero attached hydrogens (tertiary/aromatic N) is 2. The molecule has 45 heavy (non-hydrogen) atoms. The summed E-state index contributed by atoms with van der Waals surface area (Å²) in [6, 6.07) is 28.5. The van der Waals surface area contributed by atoms with Gasteiger partial charge in [-0.15, -0.1) is 0 Å². The van der Waals surface area contributed by atoms with Crippen LogP contribution in [0.1, 0.15) is 30.0 Å². The minimum absolute atomic E-state index is 0.000379. The SMILES string of the molecule is CCCNC(=O)C(Cc1ccccc1)N(Cc1cccc(Cl)c1)C(=O)CN(c1ccc(C)cc1)S(=O)(=O)c1ccc(OC)cc1. The van der Waals surface area contributed by atoms with Crippen molar-refractivity contribution in [2.75, 3.05) is 24.5 Å². The van der Waals surface area contributed by atoms with Gasteiger partial charge in [0, 0.05) is 24.5 Å². The monoisotopic (exact) mass is 647 g/mol. The third kappa shape index (κ3) is 8.86. The van der Waals surface area contributed by atoms with Gasteiger partial charge in [0.25, 0.3) is 10.0 Å². The molecule has 0 radical (unpaired) electrons. The van der Waals surface area contributed by atoms with Crippen molar-refractivity contribution in [1.82, 2.24) is 10.2 Å². The summed E-state index contributed by atoms with van der Waals surface area (Å²) in [5, 5.41) is 3.43. The summed E-state index contributed by atoms with van der Waals surface area (Å²) in [7, 11) is -2.71. The second-order valence-electron chi connectivity index (χ2n) is 10.7. The summed E-state index contributed by atoms with van der Waals surface area (Å²) in [4.78, 5) is 29.6. The second-order valence-corrected chi connectivity index (χ2v) is 13.0. The molecule has 0 aliphatic heterocycles. The Morgan fingerprint density at radius 1 is 0.889 bits per heavy atom. The third-order valence-corrected chi connectivity index (χ3v) is 9.33. The lowest BCUT2D eigenvalue weighted by molar-refractivity contribution is -0.140. The first-order valence-electron chi connectivity index (χ1n) is 14.7. The molecule has 8 nitrogen and oxygen atoms in total. The molecular formula is C35H38ClN3O5S. The maximum absolute atomic E-state index is 14.5. The van der Waals surface area contributed by atoms with Gasteiger partial charge in [-0.1, -0.05) is 78.7 Å². The Morgan fingerprint density at radius 2 is 1.56 bits per heavy atom.